The number of rotatable bonds is 5. The maximum Gasteiger partial charge on any atom is 0.248 e. The second-order valence-corrected chi connectivity index (χ2v) is 9.37. The van der Waals surface area contributed by atoms with Crippen LogP contribution in [-0.2, 0) is 14.8 Å². The molecule has 0 radical (unpaired) electrons. The number of carbonyl (C=O) groups is 1. The highest BCUT2D eigenvalue weighted by molar-refractivity contribution is 9.10. The molecule has 1 amide bonds. The summed E-state index contributed by atoms with van der Waals surface area (Å²) in [4.78, 5) is 14.5. The molecule has 0 atom stereocenters. The quantitative estimate of drug-likeness (QED) is 0.691. The van der Waals surface area contributed by atoms with Crippen LogP contribution in [0.4, 0.5) is 5.69 Å². The van der Waals surface area contributed by atoms with Crippen LogP contribution in [0.2, 0.25) is 0 Å². The fraction of sp³-hybridized carbons (Fsp3) is 0.250. The molecule has 0 bridgehead atoms. The maximum absolute atomic E-state index is 12.9. The zero-order valence-electron chi connectivity index (χ0n) is 15.5. The summed E-state index contributed by atoms with van der Waals surface area (Å²) >= 11 is 3.43. The van der Waals surface area contributed by atoms with Crippen LogP contribution in [0.25, 0.3) is 6.08 Å². The summed E-state index contributed by atoms with van der Waals surface area (Å²) in [6.45, 7) is 2.33. The molecule has 0 aromatic heterocycles. The van der Waals surface area contributed by atoms with E-state index < -0.39 is 10.0 Å². The van der Waals surface area contributed by atoms with Crippen molar-refractivity contribution in [1.82, 2.24) is 9.21 Å². The first-order chi connectivity index (χ1) is 13.4. The number of benzene rings is 2. The molecular formula is C20H22BrN3O3S. The Morgan fingerprint density at radius 2 is 1.79 bits per heavy atom. The van der Waals surface area contributed by atoms with E-state index in [1.54, 1.807) is 24.3 Å². The lowest BCUT2D eigenvalue weighted by Gasteiger charge is -2.31. The third-order valence-corrected chi connectivity index (χ3v) is 7.14. The van der Waals surface area contributed by atoms with Crippen LogP contribution in [0.3, 0.4) is 0 Å². The van der Waals surface area contributed by atoms with E-state index in [9.17, 15) is 13.2 Å². The molecule has 1 fully saturated rings. The number of carbonyl (C=O) groups excluding carboxylic acids is 1. The summed E-state index contributed by atoms with van der Waals surface area (Å²) in [5.41, 5.74) is 1.32. The van der Waals surface area contributed by atoms with Gasteiger partial charge in [0.25, 0.3) is 0 Å². The standard InChI is InChI=1S/C20H22BrN3O3S/c1-23-11-13-24(14-12-23)28(26,27)18-7-4-6-17(15-18)22-20(25)10-9-16-5-2-3-8-19(16)21/h2-10,15H,11-14H2,1H3,(H,22,25)/b10-9+. The molecule has 0 saturated carbocycles. The zero-order chi connectivity index (χ0) is 20.1. The highest BCUT2D eigenvalue weighted by Gasteiger charge is 2.27. The number of hydrogen-bond donors (Lipinski definition) is 1. The molecule has 0 spiro atoms. The average Bonchev–Trinajstić information content (AvgIpc) is 2.68. The van der Waals surface area contributed by atoms with Crippen LogP contribution < -0.4 is 5.32 Å². The molecule has 1 aliphatic heterocycles. The SMILES string of the molecule is CN1CCN(S(=O)(=O)c2cccc(NC(=O)/C=C/c3ccccc3Br)c2)CC1. The molecule has 1 N–H and O–H groups in total. The molecule has 0 aliphatic carbocycles. The van der Waals surface area contributed by atoms with Crippen molar-refractivity contribution >= 4 is 43.6 Å². The van der Waals surface area contributed by atoms with E-state index >= 15 is 0 Å². The van der Waals surface area contributed by atoms with E-state index in [2.05, 4.69) is 26.1 Å². The average molecular weight is 464 g/mol. The van der Waals surface area contributed by atoms with Crippen LogP contribution in [0.5, 0.6) is 0 Å². The summed E-state index contributed by atoms with van der Waals surface area (Å²) in [5, 5.41) is 2.72. The van der Waals surface area contributed by atoms with Crippen molar-refractivity contribution in [2.24, 2.45) is 0 Å². The number of hydrogen-bond acceptors (Lipinski definition) is 4. The molecule has 28 heavy (non-hydrogen) atoms. The molecule has 8 heteroatoms. The number of anilines is 1. The van der Waals surface area contributed by atoms with Gasteiger partial charge < -0.3 is 10.2 Å². The Hall–Kier alpha value is -2.00. The van der Waals surface area contributed by atoms with Crippen LogP contribution in [0.1, 0.15) is 5.56 Å². The van der Waals surface area contributed by atoms with E-state index in [-0.39, 0.29) is 10.8 Å². The van der Waals surface area contributed by atoms with Crippen molar-refractivity contribution in [3.8, 4) is 0 Å². The Kier molecular flexibility index (Phi) is 6.66. The van der Waals surface area contributed by atoms with Gasteiger partial charge in [-0.15, -0.1) is 0 Å². The van der Waals surface area contributed by atoms with Crippen LogP contribution >= 0.6 is 15.9 Å². The van der Waals surface area contributed by atoms with Gasteiger partial charge in [-0.1, -0.05) is 40.2 Å². The largest absolute Gasteiger partial charge is 0.322 e. The maximum atomic E-state index is 12.9. The topological polar surface area (TPSA) is 69.7 Å². The smallest absolute Gasteiger partial charge is 0.248 e. The van der Waals surface area contributed by atoms with Crippen molar-refractivity contribution < 1.29 is 13.2 Å². The Morgan fingerprint density at radius 1 is 1.07 bits per heavy atom. The molecule has 1 heterocycles. The van der Waals surface area contributed by atoms with Gasteiger partial charge in [-0.3, -0.25) is 4.79 Å². The summed E-state index contributed by atoms with van der Waals surface area (Å²) < 4.78 is 28.1. The van der Waals surface area contributed by atoms with Gasteiger partial charge in [0, 0.05) is 42.4 Å². The van der Waals surface area contributed by atoms with Crippen molar-refractivity contribution in [3.05, 3.63) is 64.6 Å². The molecule has 148 valence electrons. The first-order valence-electron chi connectivity index (χ1n) is 8.88. The van der Waals surface area contributed by atoms with Crippen LogP contribution in [-0.4, -0.2) is 56.8 Å². The minimum atomic E-state index is -3.57. The summed E-state index contributed by atoms with van der Waals surface area (Å²) in [5.74, 6) is -0.329. The van der Waals surface area contributed by atoms with Gasteiger partial charge in [0.05, 0.1) is 4.90 Å². The van der Waals surface area contributed by atoms with Crippen molar-refractivity contribution in [3.63, 3.8) is 0 Å². The molecule has 2 aromatic carbocycles. The van der Waals surface area contributed by atoms with Crippen LogP contribution in [0.15, 0.2) is 64.0 Å². The lowest BCUT2D eigenvalue weighted by molar-refractivity contribution is -0.111. The first kappa shape index (κ1) is 20.7. The van der Waals surface area contributed by atoms with E-state index in [0.29, 0.717) is 31.9 Å². The second-order valence-electron chi connectivity index (χ2n) is 6.58. The Balaban J connectivity index is 1.71. The van der Waals surface area contributed by atoms with Gasteiger partial charge in [-0.2, -0.15) is 4.31 Å². The molecule has 0 unspecified atom stereocenters. The zero-order valence-corrected chi connectivity index (χ0v) is 17.9. The molecule has 1 aliphatic rings. The third kappa shape index (κ3) is 5.08. The number of amides is 1. The summed E-state index contributed by atoms with van der Waals surface area (Å²) in [6.07, 6.45) is 3.12. The fourth-order valence-corrected chi connectivity index (χ4v) is 4.76. The first-order valence-corrected chi connectivity index (χ1v) is 11.1. The molecule has 6 nitrogen and oxygen atoms in total. The molecule has 1 saturated heterocycles. The van der Waals surface area contributed by atoms with Gasteiger partial charge in [-0.25, -0.2) is 8.42 Å². The lowest BCUT2D eigenvalue weighted by atomic mass is 10.2. The predicted octanol–water partition coefficient (Wildman–Crippen LogP) is 3.04. The highest BCUT2D eigenvalue weighted by Crippen LogP contribution is 2.21. The monoisotopic (exact) mass is 463 g/mol. The van der Waals surface area contributed by atoms with E-state index in [1.807, 2.05) is 31.3 Å². The van der Waals surface area contributed by atoms with E-state index in [1.165, 1.54) is 16.4 Å². The summed E-state index contributed by atoms with van der Waals surface area (Å²) in [6, 6.07) is 13.9. The van der Waals surface area contributed by atoms with Crippen molar-refractivity contribution in [2.75, 3.05) is 38.5 Å². The van der Waals surface area contributed by atoms with Crippen molar-refractivity contribution in [1.29, 1.82) is 0 Å². The normalized spacial score (nSPS) is 16.4. The Morgan fingerprint density at radius 3 is 2.50 bits per heavy atom. The number of sulfonamides is 1. The molecular weight excluding hydrogens is 442 g/mol. The number of nitrogens with one attached hydrogen (secondary N) is 1. The fourth-order valence-electron chi connectivity index (χ4n) is 2.87. The highest BCUT2D eigenvalue weighted by atomic mass is 79.9. The Labute approximate surface area is 174 Å². The van der Waals surface area contributed by atoms with Crippen LogP contribution in [0, 0.1) is 0 Å². The minimum Gasteiger partial charge on any atom is -0.322 e. The third-order valence-electron chi connectivity index (χ3n) is 4.52. The lowest BCUT2D eigenvalue weighted by Crippen LogP contribution is -2.47. The number of likely N-dealkylation sites (N-methyl/N-ethyl adjacent to an activating group) is 1. The molecule has 2 aromatic rings. The Bertz CT molecular complexity index is 984. The van der Waals surface area contributed by atoms with Gasteiger partial charge >= 0.3 is 0 Å². The van der Waals surface area contributed by atoms with Gasteiger partial charge in [0.2, 0.25) is 15.9 Å². The van der Waals surface area contributed by atoms with E-state index in [4.69, 9.17) is 0 Å². The number of nitrogens with zero attached hydrogens (tertiary/aromatic N) is 2. The van der Waals surface area contributed by atoms with Gasteiger partial charge in [0.15, 0.2) is 0 Å². The van der Waals surface area contributed by atoms with Gasteiger partial charge in [0.1, 0.15) is 0 Å². The van der Waals surface area contributed by atoms with E-state index in [0.717, 1.165) is 10.0 Å². The van der Waals surface area contributed by atoms with Crippen molar-refractivity contribution in [2.45, 2.75) is 4.90 Å². The van der Waals surface area contributed by atoms with Gasteiger partial charge in [-0.05, 0) is 43.0 Å². The number of halogens is 1. The summed E-state index contributed by atoms with van der Waals surface area (Å²) in [7, 11) is -1.60. The predicted molar refractivity (Wildman–Crippen MR) is 115 cm³/mol. The number of piperazine rings is 1. The molecule has 3 rings (SSSR count). The minimum absolute atomic E-state index is 0.185. The second kappa shape index (κ2) is 9.00.